The molecule has 0 bridgehead atoms. The summed E-state index contributed by atoms with van der Waals surface area (Å²) in [6.45, 7) is 0.377. The van der Waals surface area contributed by atoms with Gasteiger partial charge in [0.25, 0.3) is 5.91 Å². The van der Waals surface area contributed by atoms with Crippen LogP contribution in [0.15, 0.2) is 35.0 Å². The number of hydrogen-bond acceptors (Lipinski definition) is 7. The van der Waals surface area contributed by atoms with Crippen LogP contribution in [0.5, 0.6) is 0 Å². The van der Waals surface area contributed by atoms with E-state index in [-0.39, 0.29) is 48.8 Å². The summed E-state index contributed by atoms with van der Waals surface area (Å²) >= 11 is 0. The first kappa shape index (κ1) is 23.8. The van der Waals surface area contributed by atoms with Crippen molar-refractivity contribution in [3.05, 3.63) is 46.4 Å². The number of carbonyl (C=O) groups excluding carboxylic acids is 2. The number of ether oxygens (including phenoxy) is 1. The highest BCUT2D eigenvalue weighted by molar-refractivity contribution is 5.95. The second-order valence-corrected chi connectivity index (χ2v) is 6.40. The van der Waals surface area contributed by atoms with Crippen LogP contribution in [0, 0.1) is 0 Å². The fourth-order valence-corrected chi connectivity index (χ4v) is 2.64. The summed E-state index contributed by atoms with van der Waals surface area (Å²) in [6, 6.07) is 0. The highest BCUT2D eigenvalue weighted by atomic mass is 19.4. The molecule has 0 fully saturated rings. The van der Waals surface area contributed by atoms with E-state index in [0.29, 0.717) is 18.8 Å². The molecule has 0 saturated carbocycles. The third-order valence-electron chi connectivity index (χ3n) is 4.28. The summed E-state index contributed by atoms with van der Waals surface area (Å²) in [7, 11) is 0. The molecule has 1 aromatic rings. The van der Waals surface area contributed by atoms with Gasteiger partial charge in [0, 0.05) is 24.4 Å². The lowest BCUT2D eigenvalue weighted by Crippen LogP contribution is -2.32. The molecular weight excluding hydrogens is 425 g/mol. The van der Waals surface area contributed by atoms with Gasteiger partial charge in [-0.2, -0.15) is 13.2 Å². The highest BCUT2D eigenvalue weighted by Crippen LogP contribution is 2.29. The number of nitrogens with zero attached hydrogens (tertiary/aromatic N) is 3. The number of aliphatic hydroxyl groups excluding tert-OH is 1. The molecule has 10 nitrogen and oxygen atoms in total. The zero-order valence-electron chi connectivity index (χ0n) is 16.3. The van der Waals surface area contributed by atoms with Gasteiger partial charge in [-0.05, 0) is 6.92 Å². The summed E-state index contributed by atoms with van der Waals surface area (Å²) in [4.78, 5) is 42.5. The lowest BCUT2D eigenvalue weighted by Gasteiger charge is -2.27. The number of carboxylic acid groups (broad SMARTS) is 1. The first-order valence-corrected chi connectivity index (χ1v) is 8.84. The number of hydrogen-bond donors (Lipinski definition) is 3. The van der Waals surface area contributed by atoms with E-state index >= 15 is 0 Å². The number of carbonyl (C=O) groups is 3. The largest absolute Gasteiger partial charge is 0.507 e. The standard InChI is InChI=1S/C18H19F3N4O6/c1-10(17(30)24-6-15(27)28)16(29)12-2-3-31-8-13(12)25(9-26)7-14-22-4-11(5-23-14)18(19,20)21/h4-5,9,29H,2-3,6-8H2,1H3,(H,24,30)(H,27,28)/b16-10-. The molecule has 0 saturated heterocycles. The van der Waals surface area contributed by atoms with Crippen LogP contribution in [-0.2, 0) is 31.8 Å². The Bertz CT molecular complexity index is 912. The van der Waals surface area contributed by atoms with Crippen LogP contribution < -0.4 is 5.32 Å². The molecule has 0 spiro atoms. The number of amides is 2. The van der Waals surface area contributed by atoms with Gasteiger partial charge in [0.2, 0.25) is 6.41 Å². The minimum Gasteiger partial charge on any atom is -0.507 e. The Kier molecular flexibility index (Phi) is 7.69. The number of halogens is 3. The maximum Gasteiger partial charge on any atom is 0.419 e. The van der Waals surface area contributed by atoms with Crippen molar-refractivity contribution in [3.8, 4) is 0 Å². The number of rotatable bonds is 8. The number of aliphatic hydroxyl groups is 1. The minimum absolute atomic E-state index is 0.0862. The molecular formula is C18H19F3N4O6. The van der Waals surface area contributed by atoms with E-state index in [9.17, 15) is 32.7 Å². The van der Waals surface area contributed by atoms with E-state index in [1.54, 1.807) is 0 Å². The molecule has 1 aromatic heterocycles. The summed E-state index contributed by atoms with van der Waals surface area (Å²) in [5.41, 5.74) is -0.841. The molecule has 1 aliphatic rings. The summed E-state index contributed by atoms with van der Waals surface area (Å²) in [5, 5.41) is 21.3. The van der Waals surface area contributed by atoms with Crippen LogP contribution in [0.25, 0.3) is 0 Å². The Balaban J connectivity index is 2.31. The minimum atomic E-state index is -4.61. The van der Waals surface area contributed by atoms with Gasteiger partial charge < -0.3 is 25.2 Å². The molecule has 2 amide bonds. The topological polar surface area (TPSA) is 142 Å². The molecule has 0 atom stereocenters. The van der Waals surface area contributed by atoms with Crippen molar-refractivity contribution in [2.75, 3.05) is 19.8 Å². The van der Waals surface area contributed by atoms with Crippen LogP contribution in [0.1, 0.15) is 24.7 Å². The molecule has 0 unspecified atom stereocenters. The average Bonchev–Trinajstić information content (AvgIpc) is 2.74. The van der Waals surface area contributed by atoms with Crippen molar-refractivity contribution in [3.63, 3.8) is 0 Å². The monoisotopic (exact) mass is 444 g/mol. The van der Waals surface area contributed by atoms with Crippen molar-refractivity contribution < 1.29 is 42.5 Å². The Morgan fingerprint density at radius 3 is 2.48 bits per heavy atom. The number of aromatic nitrogens is 2. The maximum atomic E-state index is 12.7. The van der Waals surface area contributed by atoms with Gasteiger partial charge in [-0.15, -0.1) is 0 Å². The molecule has 3 N–H and O–H groups in total. The highest BCUT2D eigenvalue weighted by Gasteiger charge is 2.31. The van der Waals surface area contributed by atoms with Gasteiger partial charge in [-0.25, -0.2) is 9.97 Å². The van der Waals surface area contributed by atoms with Crippen LogP contribution in [0.2, 0.25) is 0 Å². The third-order valence-corrected chi connectivity index (χ3v) is 4.28. The van der Waals surface area contributed by atoms with Crippen LogP contribution in [-0.4, -0.2) is 63.1 Å². The predicted octanol–water partition coefficient (Wildman–Crippen LogP) is 1.16. The van der Waals surface area contributed by atoms with Gasteiger partial charge in [0.15, 0.2) is 0 Å². The lowest BCUT2D eigenvalue weighted by molar-refractivity contribution is -0.138. The Morgan fingerprint density at radius 1 is 1.29 bits per heavy atom. The average molecular weight is 444 g/mol. The Morgan fingerprint density at radius 2 is 1.94 bits per heavy atom. The Hall–Kier alpha value is -3.48. The number of aliphatic carboxylic acids is 1. The zero-order chi connectivity index (χ0) is 23.2. The maximum absolute atomic E-state index is 12.7. The zero-order valence-corrected chi connectivity index (χ0v) is 16.3. The van der Waals surface area contributed by atoms with E-state index in [2.05, 4.69) is 15.3 Å². The van der Waals surface area contributed by atoms with Crippen LogP contribution >= 0.6 is 0 Å². The molecule has 2 heterocycles. The molecule has 13 heteroatoms. The van der Waals surface area contributed by atoms with Gasteiger partial charge in [0.1, 0.15) is 18.1 Å². The van der Waals surface area contributed by atoms with Crippen LogP contribution in [0.4, 0.5) is 13.2 Å². The van der Waals surface area contributed by atoms with Gasteiger partial charge in [-0.3, -0.25) is 14.4 Å². The first-order chi connectivity index (χ1) is 14.5. The van der Waals surface area contributed by atoms with Crippen molar-refractivity contribution >= 4 is 18.3 Å². The molecule has 0 aromatic carbocycles. The summed E-state index contributed by atoms with van der Waals surface area (Å²) in [6.07, 6.45) is -2.93. The number of nitrogens with one attached hydrogen (secondary N) is 1. The third kappa shape index (κ3) is 6.25. The first-order valence-electron chi connectivity index (χ1n) is 8.84. The van der Waals surface area contributed by atoms with Crippen molar-refractivity contribution in [1.29, 1.82) is 0 Å². The molecule has 168 valence electrons. The fraction of sp³-hybridized carbons (Fsp3) is 0.389. The predicted molar refractivity (Wildman–Crippen MR) is 97.1 cm³/mol. The van der Waals surface area contributed by atoms with E-state index in [1.165, 1.54) is 6.92 Å². The van der Waals surface area contributed by atoms with E-state index < -0.39 is 35.9 Å². The number of carboxylic acids is 1. The van der Waals surface area contributed by atoms with E-state index in [1.807, 2.05) is 0 Å². The van der Waals surface area contributed by atoms with Crippen LogP contribution in [0.3, 0.4) is 0 Å². The molecule has 0 aliphatic carbocycles. The summed E-state index contributed by atoms with van der Waals surface area (Å²) < 4.78 is 43.3. The quantitative estimate of drug-likeness (QED) is 0.308. The van der Waals surface area contributed by atoms with Gasteiger partial charge in [-0.1, -0.05) is 0 Å². The summed E-state index contributed by atoms with van der Waals surface area (Å²) in [5.74, 6) is -2.63. The lowest BCUT2D eigenvalue weighted by atomic mass is 10.0. The number of allylic oxidation sites excluding steroid dienone is 1. The normalized spacial score (nSPS) is 15.2. The van der Waals surface area contributed by atoms with Crippen molar-refractivity contribution in [2.24, 2.45) is 0 Å². The number of alkyl halides is 3. The molecule has 31 heavy (non-hydrogen) atoms. The second kappa shape index (κ2) is 10.0. The van der Waals surface area contributed by atoms with Crippen molar-refractivity contribution in [2.45, 2.75) is 26.1 Å². The van der Waals surface area contributed by atoms with E-state index in [4.69, 9.17) is 9.84 Å². The van der Waals surface area contributed by atoms with Crippen molar-refractivity contribution in [1.82, 2.24) is 20.2 Å². The molecule has 2 rings (SSSR count). The van der Waals surface area contributed by atoms with Gasteiger partial charge >= 0.3 is 12.1 Å². The van der Waals surface area contributed by atoms with Gasteiger partial charge in [0.05, 0.1) is 36.6 Å². The second-order valence-electron chi connectivity index (χ2n) is 6.40. The SMILES string of the molecule is C/C(C(=O)NCC(=O)O)=C(/O)C1=C(N(C=O)Cc2ncc(C(F)(F)F)cn2)COCC1. The smallest absolute Gasteiger partial charge is 0.419 e. The van der Waals surface area contributed by atoms with E-state index in [0.717, 1.165) is 4.90 Å². The molecule has 0 radical (unpaired) electrons. The Labute approximate surface area is 174 Å². The molecule has 1 aliphatic heterocycles. The fourth-order valence-electron chi connectivity index (χ4n) is 2.64.